The summed E-state index contributed by atoms with van der Waals surface area (Å²) in [6.07, 6.45) is 1.56. The highest BCUT2D eigenvalue weighted by Gasteiger charge is 2.19. The largest absolute Gasteiger partial charge is 0.409 e. The number of likely N-dealkylation sites (tertiary alicyclic amines) is 1. The number of aromatic nitrogens is 2. The predicted molar refractivity (Wildman–Crippen MR) is 82.6 cm³/mol. The summed E-state index contributed by atoms with van der Waals surface area (Å²) in [5.74, 6) is 0.458. The van der Waals surface area contributed by atoms with Gasteiger partial charge < -0.3 is 9.52 Å². The first-order chi connectivity index (χ1) is 10.1. The molecule has 0 spiro atoms. The van der Waals surface area contributed by atoms with Gasteiger partial charge in [0, 0.05) is 23.7 Å². The SMILES string of the molecule is O[C@@H]1CCCN(Cn2nc(-c3cccc(Cl)c3)oc2=S)C1. The van der Waals surface area contributed by atoms with Crippen LogP contribution >= 0.6 is 23.8 Å². The number of halogens is 1. The van der Waals surface area contributed by atoms with Gasteiger partial charge in [-0.25, -0.2) is 4.68 Å². The summed E-state index contributed by atoms with van der Waals surface area (Å²) >= 11 is 11.2. The van der Waals surface area contributed by atoms with Crippen molar-refractivity contribution in [2.45, 2.75) is 25.6 Å². The highest BCUT2D eigenvalue weighted by Crippen LogP contribution is 2.21. The third-order valence-corrected chi connectivity index (χ3v) is 4.02. The average Bonchev–Trinajstić information content (AvgIpc) is 2.80. The normalized spacial score (nSPS) is 19.8. The zero-order chi connectivity index (χ0) is 14.8. The summed E-state index contributed by atoms with van der Waals surface area (Å²) in [7, 11) is 0. The number of aliphatic hydroxyl groups is 1. The molecule has 3 rings (SSSR count). The molecule has 1 aliphatic heterocycles. The summed E-state index contributed by atoms with van der Waals surface area (Å²) in [6, 6.07) is 7.31. The van der Waals surface area contributed by atoms with Crippen molar-refractivity contribution in [3.05, 3.63) is 34.1 Å². The summed E-state index contributed by atoms with van der Waals surface area (Å²) in [5.41, 5.74) is 0.797. The number of benzene rings is 1. The standard InChI is InChI=1S/C14H16ClN3O2S/c15-11-4-1-3-10(7-11)13-16-18(14(21)20-13)9-17-6-2-5-12(19)8-17/h1,3-4,7,12,19H,2,5-6,8-9H2/t12-/m1/s1. The number of hydrogen-bond donors (Lipinski definition) is 1. The molecular weight excluding hydrogens is 310 g/mol. The maximum absolute atomic E-state index is 9.71. The first-order valence-corrected chi connectivity index (χ1v) is 7.65. The second-order valence-corrected chi connectivity index (χ2v) is 5.98. The van der Waals surface area contributed by atoms with Gasteiger partial charge in [0.05, 0.1) is 12.8 Å². The number of β-amino-alcohol motifs (C(OH)–C–C–N with tert-alkyl or cyclic N) is 1. The molecule has 1 aliphatic rings. The van der Waals surface area contributed by atoms with Crippen molar-refractivity contribution in [1.29, 1.82) is 0 Å². The van der Waals surface area contributed by atoms with Gasteiger partial charge in [0.1, 0.15) is 0 Å². The van der Waals surface area contributed by atoms with E-state index >= 15 is 0 Å². The van der Waals surface area contributed by atoms with Crippen molar-refractivity contribution >= 4 is 23.8 Å². The molecule has 1 aromatic carbocycles. The molecule has 0 radical (unpaired) electrons. The monoisotopic (exact) mass is 325 g/mol. The first-order valence-electron chi connectivity index (χ1n) is 6.86. The van der Waals surface area contributed by atoms with Crippen molar-refractivity contribution in [3.8, 4) is 11.5 Å². The van der Waals surface area contributed by atoms with Gasteiger partial charge in [-0.3, -0.25) is 4.90 Å². The summed E-state index contributed by atoms with van der Waals surface area (Å²) in [6.45, 7) is 2.10. The Kier molecular flexibility index (Phi) is 4.40. The minimum atomic E-state index is -0.271. The van der Waals surface area contributed by atoms with E-state index in [1.54, 1.807) is 16.8 Å². The van der Waals surface area contributed by atoms with Crippen molar-refractivity contribution in [2.24, 2.45) is 0 Å². The number of hydrogen-bond acceptors (Lipinski definition) is 5. The Morgan fingerprint density at radius 1 is 1.48 bits per heavy atom. The van der Waals surface area contributed by atoms with E-state index in [1.165, 1.54) is 0 Å². The predicted octanol–water partition coefficient (Wildman–Crippen LogP) is 2.94. The van der Waals surface area contributed by atoms with Crippen LogP contribution in [0.1, 0.15) is 12.8 Å². The van der Waals surface area contributed by atoms with Crippen molar-refractivity contribution in [3.63, 3.8) is 0 Å². The van der Waals surface area contributed by atoms with E-state index in [2.05, 4.69) is 10.00 Å². The quantitative estimate of drug-likeness (QED) is 0.879. The van der Waals surface area contributed by atoms with Crippen molar-refractivity contribution in [1.82, 2.24) is 14.7 Å². The molecule has 0 aliphatic carbocycles. The molecule has 5 nitrogen and oxygen atoms in total. The molecule has 112 valence electrons. The maximum atomic E-state index is 9.71. The molecule has 2 heterocycles. The van der Waals surface area contributed by atoms with Crippen LogP contribution < -0.4 is 0 Å². The Morgan fingerprint density at radius 2 is 2.33 bits per heavy atom. The van der Waals surface area contributed by atoms with E-state index in [1.807, 2.05) is 12.1 Å². The first kappa shape index (κ1) is 14.7. The number of rotatable bonds is 3. The zero-order valence-electron chi connectivity index (χ0n) is 11.4. The molecular formula is C14H16ClN3O2S. The van der Waals surface area contributed by atoms with Crippen LogP contribution in [-0.4, -0.2) is 39.0 Å². The Bertz CT molecular complexity index is 685. The zero-order valence-corrected chi connectivity index (χ0v) is 13.0. The number of aliphatic hydroxyl groups excluding tert-OH is 1. The Hall–Kier alpha value is -1.21. The van der Waals surface area contributed by atoms with Gasteiger partial charge in [-0.1, -0.05) is 17.7 Å². The number of piperidine rings is 1. The average molecular weight is 326 g/mol. The highest BCUT2D eigenvalue weighted by atomic mass is 35.5. The molecule has 0 amide bonds. The lowest BCUT2D eigenvalue weighted by atomic mass is 10.1. The van der Waals surface area contributed by atoms with Crippen molar-refractivity contribution in [2.75, 3.05) is 13.1 Å². The second-order valence-electron chi connectivity index (χ2n) is 5.20. The van der Waals surface area contributed by atoms with E-state index in [9.17, 15) is 5.11 Å². The molecule has 7 heteroatoms. The van der Waals surface area contributed by atoms with E-state index in [0.717, 1.165) is 24.9 Å². The Labute approximate surface area is 132 Å². The fraction of sp³-hybridized carbons (Fsp3) is 0.429. The summed E-state index contributed by atoms with van der Waals surface area (Å²) < 4.78 is 7.19. The molecule has 1 atom stereocenters. The van der Waals surface area contributed by atoms with E-state index in [4.69, 9.17) is 28.2 Å². The minimum absolute atomic E-state index is 0.271. The lowest BCUT2D eigenvalue weighted by Crippen LogP contribution is -2.39. The third-order valence-electron chi connectivity index (χ3n) is 3.49. The van der Waals surface area contributed by atoms with Crippen LogP contribution in [0, 0.1) is 4.84 Å². The van der Waals surface area contributed by atoms with Crippen LogP contribution in [0.3, 0.4) is 0 Å². The smallest absolute Gasteiger partial charge is 0.288 e. The molecule has 1 fully saturated rings. The highest BCUT2D eigenvalue weighted by molar-refractivity contribution is 7.71. The fourth-order valence-corrected chi connectivity index (χ4v) is 2.85. The van der Waals surface area contributed by atoms with Gasteiger partial charge >= 0.3 is 0 Å². The topological polar surface area (TPSA) is 54.4 Å². The third kappa shape index (κ3) is 3.52. The molecule has 1 N–H and O–H groups in total. The maximum Gasteiger partial charge on any atom is 0.288 e. The van der Waals surface area contributed by atoms with E-state index < -0.39 is 0 Å². The summed E-state index contributed by atoms with van der Waals surface area (Å²) in [5, 5.41) is 14.7. The van der Waals surface area contributed by atoms with Crippen LogP contribution in [0.5, 0.6) is 0 Å². The molecule has 21 heavy (non-hydrogen) atoms. The van der Waals surface area contributed by atoms with Gasteiger partial charge in [0.15, 0.2) is 0 Å². The Morgan fingerprint density at radius 3 is 3.10 bits per heavy atom. The number of nitrogens with zero attached hydrogens (tertiary/aromatic N) is 3. The molecule has 0 saturated carbocycles. The van der Waals surface area contributed by atoms with Crippen LogP contribution in [0.15, 0.2) is 28.7 Å². The molecule has 0 bridgehead atoms. The molecule has 2 aromatic rings. The van der Waals surface area contributed by atoms with Crippen LogP contribution in [0.2, 0.25) is 5.02 Å². The van der Waals surface area contributed by atoms with E-state index in [0.29, 0.717) is 29.0 Å². The fourth-order valence-electron chi connectivity index (χ4n) is 2.48. The lowest BCUT2D eigenvalue weighted by Gasteiger charge is -2.29. The molecule has 1 aromatic heterocycles. The van der Waals surface area contributed by atoms with Crippen LogP contribution in [0.25, 0.3) is 11.5 Å². The van der Waals surface area contributed by atoms with Gasteiger partial charge in [-0.05, 0) is 43.3 Å². The summed E-state index contributed by atoms with van der Waals surface area (Å²) in [4.78, 5) is 2.44. The van der Waals surface area contributed by atoms with Gasteiger partial charge in [0.25, 0.3) is 4.84 Å². The second kappa shape index (κ2) is 6.27. The van der Waals surface area contributed by atoms with Gasteiger partial charge in [-0.15, -0.1) is 5.10 Å². The van der Waals surface area contributed by atoms with E-state index in [-0.39, 0.29) is 6.10 Å². The van der Waals surface area contributed by atoms with Gasteiger partial charge in [0.2, 0.25) is 5.89 Å². The lowest BCUT2D eigenvalue weighted by molar-refractivity contribution is 0.0509. The van der Waals surface area contributed by atoms with Gasteiger partial charge in [-0.2, -0.15) is 0 Å². The van der Waals surface area contributed by atoms with Crippen LogP contribution in [-0.2, 0) is 6.67 Å². The molecule has 1 saturated heterocycles. The minimum Gasteiger partial charge on any atom is -0.409 e. The molecule has 0 unspecified atom stereocenters. The Balaban J connectivity index is 1.80. The van der Waals surface area contributed by atoms with Crippen molar-refractivity contribution < 1.29 is 9.52 Å². The van der Waals surface area contributed by atoms with Crippen LogP contribution in [0.4, 0.5) is 0 Å².